The summed E-state index contributed by atoms with van der Waals surface area (Å²) in [7, 11) is 4.68. The van der Waals surface area contributed by atoms with E-state index in [2.05, 4.69) is 29.7 Å². The number of amides is 1. The number of nitrogens with two attached hydrogens (primary N) is 1. The predicted octanol–water partition coefficient (Wildman–Crippen LogP) is 3.97. The number of aromatic nitrogens is 3. The van der Waals surface area contributed by atoms with Crippen molar-refractivity contribution in [1.29, 1.82) is 0 Å². The van der Waals surface area contributed by atoms with Gasteiger partial charge in [0.1, 0.15) is 17.3 Å². The van der Waals surface area contributed by atoms with Gasteiger partial charge < -0.3 is 24.8 Å². The van der Waals surface area contributed by atoms with Crippen molar-refractivity contribution in [1.82, 2.24) is 19.9 Å². The largest absolute Gasteiger partial charge is 0.493 e. The molecule has 0 radical (unpaired) electrons. The number of nitrogen functional groups attached to an aromatic ring is 1. The van der Waals surface area contributed by atoms with E-state index in [1.165, 1.54) is 0 Å². The zero-order valence-corrected chi connectivity index (χ0v) is 26.0. The number of anilines is 3. The summed E-state index contributed by atoms with van der Waals surface area (Å²) in [6.45, 7) is 3.59. The number of halogens is 1. The molecular weight excluding hydrogens is 596 g/mol. The number of hydrogen-bond donors (Lipinski definition) is 1. The number of aliphatic imine (C=N–C) groups is 1. The van der Waals surface area contributed by atoms with Gasteiger partial charge in [-0.3, -0.25) is 14.6 Å². The van der Waals surface area contributed by atoms with Crippen LogP contribution in [0.1, 0.15) is 16.7 Å². The van der Waals surface area contributed by atoms with Crippen molar-refractivity contribution in [2.75, 3.05) is 69.7 Å². The van der Waals surface area contributed by atoms with Crippen molar-refractivity contribution >= 4 is 46.5 Å². The fourth-order valence-electron chi connectivity index (χ4n) is 5.55. The van der Waals surface area contributed by atoms with E-state index in [1.807, 2.05) is 36.4 Å². The molecule has 0 spiro atoms. The lowest BCUT2D eigenvalue weighted by Crippen LogP contribution is -2.51. The van der Waals surface area contributed by atoms with Crippen LogP contribution in [0.3, 0.4) is 0 Å². The monoisotopic (exact) mass is 628 g/mol. The number of benzene rings is 2. The molecule has 0 aliphatic carbocycles. The molecule has 6 rings (SSSR count). The van der Waals surface area contributed by atoms with Gasteiger partial charge in [0.2, 0.25) is 5.75 Å². The zero-order chi connectivity index (χ0) is 31.5. The minimum Gasteiger partial charge on any atom is -0.493 e. The van der Waals surface area contributed by atoms with Gasteiger partial charge in [-0.15, -0.1) is 0 Å². The van der Waals surface area contributed by atoms with Gasteiger partial charge in [0.05, 0.1) is 33.7 Å². The molecule has 4 heterocycles. The van der Waals surface area contributed by atoms with E-state index in [9.17, 15) is 4.79 Å². The molecule has 45 heavy (non-hydrogen) atoms. The molecule has 0 unspecified atom stereocenters. The van der Waals surface area contributed by atoms with E-state index in [1.54, 1.807) is 50.8 Å². The second kappa shape index (κ2) is 13.0. The molecule has 232 valence electrons. The number of rotatable bonds is 9. The molecule has 0 bridgehead atoms. The fraction of sp³-hybridized carbons (Fsp3) is 0.281. The van der Waals surface area contributed by atoms with Crippen molar-refractivity contribution in [2.24, 2.45) is 4.99 Å². The van der Waals surface area contributed by atoms with Gasteiger partial charge in [-0.2, -0.15) is 4.98 Å². The highest BCUT2D eigenvalue weighted by Crippen LogP contribution is 2.39. The standard InChI is InChI=1S/C32H33ClN8O4/c1-43-25-15-20(16-26(44-2)29(25)45-3)14-21-18-36-32(38-30(21)34)37-28-23-17-22(33)7-8-24(23)41(31(28)42)19-39-10-12-40(13-11-39)27-6-4-5-9-35-27/h4-9,15-18H,10-14,19H2,1-3H3,(H2,34,36,38). The van der Waals surface area contributed by atoms with Crippen molar-refractivity contribution in [3.8, 4) is 17.2 Å². The third kappa shape index (κ3) is 6.19. The second-order valence-corrected chi connectivity index (χ2v) is 11.0. The highest BCUT2D eigenvalue weighted by atomic mass is 35.5. The topological polar surface area (TPSA) is 132 Å². The van der Waals surface area contributed by atoms with E-state index in [4.69, 9.17) is 31.5 Å². The molecule has 1 saturated heterocycles. The molecule has 2 aromatic heterocycles. The summed E-state index contributed by atoms with van der Waals surface area (Å²) < 4.78 is 16.4. The Labute approximate surface area is 266 Å². The maximum absolute atomic E-state index is 13.8. The van der Waals surface area contributed by atoms with Crippen LogP contribution in [0.2, 0.25) is 5.02 Å². The van der Waals surface area contributed by atoms with Crippen LogP contribution in [0, 0.1) is 0 Å². The van der Waals surface area contributed by atoms with Crippen LogP contribution in [0.4, 0.5) is 23.3 Å². The maximum atomic E-state index is 13.8. The number of pyridine rings is 1. The van der Waals surface area contributed by atoms with Gasteiger partial charge in [0.15, 0.2) is 11.5 Å². The van der Waals surface area contributed by atoms with Crippen molar-refractivity contribution in [2.45, 2.75) is 6.42 Å². The van der Waals surface area contributed by atoms with Gasteiger partial charge in [-0.05, 0) is 48.0 Å². The number of nitrogens with zero attached hydrogens (tertiary/aromatic N) is 7. The van der Waals surface area contributed by atoms with E-state index in [-0.39, 0.29) is 23.4 Å². The third-order valence-corrected chi connectivity index (χ3v) is 8.09. The number of hydrogen-bond acceptors (Lipinski definition) is 11. The molecule has 4 aromatic rings. The minimum atomic E-state index is -0.247. The van der Waals surface area contributed by atoms with Crippen LogP contribution in [-0.2, 0) is 11.2 Å². The average molecular weight is 629 g/mol. The summed E-state index contributed by atoms with van der Waals surface area (Å²) in [4.78, 5) is 37.9. The molecule has 0 atom stereocenters. The van der Waals surface area contributed by atoms with Crippen LogP contribution < -0.4 is 29.7 Å². The number of carbonyl (C=O) groups is 1. The Hall–Kier alpha value is -4.94. The predicted molar refractivity (Wildman–Crippen MR) is 173 cm³/mol. The Morgan fingerprint density at radius 3 is 2.36 bits per heavy atom. The lowest BCUT2D eigenvalue weighted by Gasteiger charge is -2.37. The summed E-state index contributed by atoms with van der Waals surface area (Å²) in [6, 6.07) is 15.0. The molecular formula is C32H33ClN8O4. The van der Waals surface area contributed by atoms with Crippen molar-refractivity contribution in [3.63, 3.8) is 0 Å². The fourth-order valence-corrected chi connectivity index (χ4v) is 5.72. The summed E-state index contributed by atoms with van der Waals surface area (Å²) >= 11 is 6.35. The lowest BCUT2D eigenvalue weighted by atomic mass is 10.1. The molecule has 2 N–H and O–H groups in total. The number of piperazine rings is 1. The third-order valence-electron chi connectivity index (χ3n) is 7.86. The van der Waals surface area contributed by atoms with Gasteiger partial charge in [-0.1, -0.05) is 17.7 Å². The Kier molecular flexibility index (Phi) is 8.67. The minimum absolute atomic E-state index is 0.0845. The first-order chi connectivity index (χ1) is 21.9. The first-order valence-electron chi connectivity index (χ1n) is 14.4. The molecule has 12 nitrogen and oxygen atoms in total. The van der Waals surface area contributed by atoms with E-state index in [0.717, 1.165) is 43.2 Å². The Morgan fingerprint density at radius 1 is 0.956 bits per heavy atom. The summed E-state index contributed by atoms with van der Waals surface area (Å²) in [5.74, 6) is 2.61. The average Bonchev–Trinajstić information content (AvgIpc) is 3.31. The SMILES string of the molecule is COc1cc(Cc2cnc(N=C3C(=O)N(CN4CCN(c5ccccn5)CC4)c4ccc(Cl)cc43)nc2N)cc(OC)c1OC. The van der Waals surface area contributed by atoms with Crippen LogP contribution in [0.25, 0.3) is 0 Å². The summed E-state index contributed by atoms with van der Waals surface area (Å²) in [6.07, 6.45) is 3.83. The van der Waals surface area contributed by atoms with Crippen LogP contribution >= 0.6 is 11.6 Å². The number of fused-ring (bicyclic) bond motifs is 1. The summed E-state index contributed by atoms with van der Waals surface area (Å²) in [5.41, 5.74) is 9.49. The van der Waals surface area contributed by atoms with Crippen LogP contribution in [0.5, 0.6) is 17.2 Å². The smallest absolute Gasteiger partial charge is 0.278 e. The molecule has 1 fully saturated rings. The van der Waals surface area contributed by atoms with Crippen molar-refractivity contribution < 1.29 is 19.0 Å². The molecule has 2 aliphatic heterocycles. The second-order valence-electron chi connectivity index (χ2n) is 10.6. The molecule has 13 heteroatoms. The quantitative estimate of drug-likeness (QED) is 0.290. The van der Waals surface area contributed by atoms with E-state index >= 15 is 0 Å². The number of methoxy groups -OCH3 is 3. The number of ether oxygens (including phenoxy) is 3. The summed E-state index contributed by atoms with van der Waals surface area (Å²) in [5, 5.41) is 0.501. The zero-order valence-electron chi connectivity index (χ0n) is 25.2. The maximum Gasteiger partial charge on any atom is 0.278 e. The molecule has 0 saturated carbocycles. The molecule has 2 aliphatic rings. The van der Waals surface area contributed by atoms with Gasteiger partial charge in [0.25, 0.3) is 11.9 Å². The van der Waals surface area contributed by atoms with Crippen LogP contribution in [0.15, 0.2) is 65.9 Å². The normalized spacial score (nSPS) is 15.8. The Balaban J connectivity index is 1.21. The molecule has 2 aromatic carbocycles. The first-order valence-corrected chi connectivity index (χ1v) is 14.8. The lowest BCUT2D eigenvalue weighted by molar-refractivity contribution is -0.112. The van der Waals surface area contributed by atoms with Gasteiger partial charge in [0, 0.05) is 61.1 Å². The van der Waals surface area contributed by atoms with E-state index in [0.29, 0.717) is 46.5 Å². The number of carbonyl (C=O) groups excluding carboxylic acids is 1. The van der Waals surface area contributed by atoms with Crippen molar-refractivity contribution in [3.05, 3.63) is 82.6 Å². The first kappa shape index (κ1) is 30.1. The molecule has 1 amide bonds. The van der Waals surface area contributed by atoms with Gasteiger partial charge in [-0.25, -0.2) is 15.0 Å². The Bertz CT molecular complexity index is 1720. The Morgan fingerprint density at radius 2 is 1.71 bits per heavy atom. The van der Waals surface area contributed by atoms with Gasteiger partial charge >= 0.3 is 0 Å². The highest BCUT2D eigenvalue weighted by Gasteiger charge is 2.36. The van der Waals surface area contributed by atoms with E-state index < -0.39 is 0 Å². The highest BCUT2D eigenvalue weighted by molar-refractivity contribution is 6.55. The van der Waals surface area contributed by atoms with Crippen LogP contribution in [-0.4, -0.2) is 85.6 Å².